The third kappa shape index (κ3) is 2.66. The van der Waals surface area contributed by atoms with Gasteiger partial charge in [0.2, 0.25) is 0 Å². The van der Waals surface area contributed by atoms with Crippen LogP contribution in [0.25, 0.3) is 5.57 Å². The van der Waals surface area contributed by atoms with E-state index in [0.717, 1.165) is 0 Å². The van der Waals surface area contributed by atoms with Gasteiger partial charge in [-0.15, -0.1) is 11.6 Å². The second kappa shape index (κ2) is 5.90. The molecule has 4 nitrogen and oxygen atoms in total. The van der Waals surface area contributed by atoms with Crippen molar-refractivity contribution in [1.82, 2.24) is 5.16 Å². The predicted molar refractivity (Wildman–Crippen MR) is 78.6 cm³/mol. The number of alkyl halides is 1. The quantitative estimate of drug-likeness (QED) is 0.862. The van der Waals surface area contributed by atoms with Crippen molar-refractivity contribution in [3.63, 3.8) is 0 Å². The average Bonchev–Trinajstić information content (AvgIpc) is 2.83. The molecule has 1 aromatic rings. The van der Waals surface area contributed by atoms with E-state index < -0.39 is 5.60 Å². The number of hydrogen-bond acceptors (Lipinski definition) is 4. The van der Waals surface area contributed by atoms with Crippen LogP contribution in [0.5, 0.6) is 0 Å². The van der Waals surface area contributed by atoms with Crippen LogP contribution in [0.2, 0.25) is 0 Å². The Morgan fingerprint density at radius 3 is 2.80 bits per heavy atom. The predicted octanol–water partition coefficient (Wildman–Crippen LogP) is 3.57. The molecule has 0 fully saturated rings. The van der Waals surface area contributed by atoms with Crippen molar-refractivity contribution in [2.75, 3.05) is 7.11 Å². The lowest BCUT2D eigenvalue weighted by atomic mass is 9.94. The lowest BCUT2D eigenvalue weighted by molar-refractivity contribution is -0.00530. The van der Waals surface area contributed by atoms with E-state index in [1.165, 1.54) is 0 Å². The van der Waals surface area contributed by atoms with Crippen LogP contribution < -0.4 is 0 Å². The number of allylic oxidation sites excluding steroid dienone is 4. The fourth-order valence-corrected chi connectivity index (χ4v) is 2.83. The Labute approximate surface area is 128 Å². The van der Waals surface area contributed by atoms with E-state index in [1.54, 1.807) is 13.2 Å². The number of halogens is 2. The summed E-state index contributed by atoms with van der Waals surface area (Å²) in [4.78, 5) is 0. The molecule has 0 saturated heterocycles. The first-order chi connectivity index (χ1) is 9.42. The van der Waals surface area contributed by atoms with Gasteiger partial charge in [0, 0.05) is 17.7 Å². The van der Waals surface area contributed by atoms with Gasteiger partial charge in [0.05, 0.1) is 17.5 Å². The summed E-state index contributed by atoms with van der Waals surface area (Å²) in [6.07, 6.45) is 4.35. The van der Waals surface area contributed by atoms with E-state index in [4.69, 9.17) is 32.5 Å². The smallest absolute Gasteiger partial charge is 0.174 e. The highest BCUT2D eigenvalue weighted by Gasteiger charge is 2.33. The first-order valence-electron chi connectivity index (χ1n) is 6.28. The zero-order valence-electron chi connectivity index (χ0n) is 11.6. The molecule has 110 valence electrons. The van der Waals surface area contributed by atoms with Crippen LogP contribution >= 0.6 is 23.2 Å². The molecule has 0 spiro atoms. The highest BCUT2D eigenvalue weighted by Crippen LogP contribution is 2.38. The van der Waals surface area contributed by atoms with Gasteiger partial charge in [-0.1, -0.05) is 22.8 Å². The number of ether oxygens (including phenoxy) is 1. The number of aromatic nitrogens is 1. The molecule has 1 aromatic heterocycles. The lowest BCUT2D eigenvalue weighted by Gasteiger charge is -2.21. The number of aliphatic hydroxyl groups excluding tert-OH is 1. The fourth-order valence-electron chi connectivity index (χ4n) is 2.14. The molecule has 0 aromatic carbocycles. The van der Waals surface area contributed by atoms with Gasteiger partial charge in [0.25, 0.3) is 0 Å². The summed E-state index contributed by atoms with van der Waals surface area (Å²) in [7, 11) is 1.57. The summed E-state index contributed by atoms with van der Waals surface area (Å²) in [5.41, 5.74) is 1.05. The Morgan fingerprint density at radius 1 is 1.55 bits per heavy atom. The molecule has 0 amide bonds. The number of rotatable bonds is 4. The number of methoxy groups -OCH3 is 1. The molecule has 1 N–H and O–H groups in total. The Morgan fingerprint density at radius 2 is 2.25 bits per heavy atom. The van der Waals surface area contributed by atoms with E-state index in [-0.39, 0.29) is 12.0 Å². The fraction of sp³-hybridized carbons (Fsp3) is 0.500. The van der Waals surface area contributed by atoms with Crippen molar-refractivity contribution in [2.45, 2.75) is 37.9 Å². The van der Waals surface area contributed by atoms with Gasteiger partial charge in [-0.3, -0.25) is 0 Å². The largest absolute Gasteiger partial charge is 0.391 e. The molecular weight excluding hydrogens is 301 g/mol. The molecule has 1 heterocycles. The van der Waals surface area contributed by atoms with Gasteiger partial charge in [0.1, 0.15) is 11.3 Å². The zero-order chi connectivity index (χ0) is 14.9. The van der Waals surface area contributed by atoms with Gasteiger partial charge >= 0.3 is 0 Å². The summed E-state index contributed by atoms with van der Waals surface area (Å²) >= 11 is 12.5. The van der Waals surface area contributed by atoms with Crippen LogP contribution in [0.3, 0.4) is 0 Å². The monoisotopic (exact) mass is 317 g/mol. The Bertz CT molecular complexity index is 561. The van der Waals surface area contributed by atoms with Crippen LogP contribution in [0.4, 0.5) is 0 Å². The van der Waals surface area contributed by atoms with Crippen LogP contribution in [-0.2, 0) is 16.9 Å². The van der Waals surface area contributed by atoms with Gasteiger partial charge in [0.15, 0.2) is 5.76 Å². The molecule has 6 heteroatoms. The second-order valence-corrected chi connectivity index (χ2v) is 6.01. The minimum atomic E-state index is -0.692. The molecule has 0 saturated carbocycles. The molecule has 0 bridgehead atoms. The Balaban J connectivity index is 2.57. The Kier molecular flexibility index (Phi) is 4.59. The third-order valence-electron chi connectivity index (χ3n) is 3.44. The van der Waals surface area contributed by atoms with E-state index in [2.05, 4.69) is 5.16 Å². The summed E-state index contributed by atoms with van der Waals surface area (Å²) in [6, 6.07) is 0. The minimum Gasteiger partial charge on any atom is -0.391 e. The maximum atomic E-state index is 9.67. The SMILES string of the molecule is COC(C)(C)c1onc(C2=C(Cl)C=CCC2Cl)c1CO. The maximum Gasteiger partial charge on any atom is 0.174 e. The highest BCUT2D eigenvalue weighted by molar-refractivity contribution is 6.38. The summed E-state index contributed by atoms with van der Waals surface area (Å²) < 4.78 is 10.8. The van der Waals surface area contributed by atoms with E-state index in [1.807, 2.05) is 19.9 Å². The Hall–Kier alpha value is -0.810. The van der Waals surface area contributed by atoms with Crippen molar-refractivity contribution < 1.29 is 14.4 Å². The molecule has 0 aliphatic heterocycles. The number of hydrogen-bond donors (Lipinski definition) is 1. The van der Waals surface area contributed by atoms with Gasteiger partial charge in [-0.05, 0) is 26.3 Å². The zero-order valence-corrected chi connectivity index (χ0v) is 13.1. The van der Waals surface area contributed by atoms with Crippen molar-refractivity contribution in [3.8, 4) is 0 Å². The highest BCUT2D eigenvalue weighted by atomic mass is 35.5. The van der Waals surface area contributed by atoms with Crippen molar-refractivity contribution in [2.24, 2.45) is 0 Å². The van der Waals surface area contributed by atoms with Gasteiger partial charge in [-0.25, -0.2) is 0 Å². The summed E-state index contributed by atoms with van der Waals surface area (Å²) in [6.45, 7) is 3.46. The lowest BCUT2D eigenvalue weighted by Crippen LogP contribution is -2.21. The number of nitrogens with zero attached hydrogens (tertiary/aromatic N) is 1. The van der Waals surface area contributed by atoms with Crippen molar-refractivity contribution in [3.05, 3.63) is 34.2 Å². The molecule has 1 aliphatic carbocycles. The molecular formula is C14H17Cl2NO3. The van der Waals surface area contributed by atoms with Gasteiger partial charge in [-0.2, -0.15) is 0 Å². The third-order valence-corrected chi connectivity index (χ3v) is 4.16. The molecule has 1 aliphatic rings. The standard InChI is InChI=1S/C14H17Cl2NO3/c1-14(2,19-3)13-8(7-18)12(17-20-13)11-9(15)5-4-6-10(11)16/h4-5,10,18H,6-7H2,1-3H3. The first kappa shape index (κ1) is 15.6. The maximum absolute atomic E-state index is 9.67. The normalized spacial score (nSPS) is 19.8. The molecule has 0 radical (unpaired) electrons. The minimum absolute atomic E-state index is 0.220. The van der Waals surface area contributed by atoms with E-state index in [0.29, 0.717) is 34.0 Å². The molecule has 2 rings (SSSR count). The average molecular weight is 318 g/mol. The first-order valence-corrected chi connectivity index (χ1v) is 7.09. The van der Waals surface area contributed by atoms with Crippen LogP contribution in [0.15, 0.2) is 21.7 Å². The summed E-state index contributed by atoms with van der Waals surface area (Å²) in [5.74, 6) is 0.480. The van der Waals surface area contributed by atoms with Crippen LogP contribution in [-0.4, -0.2) is 22.8 Å². The van der Waals surface area contributed by atoms with E-state index in [9.17, 15) is 5.11 Å². The van der Waals surface area contributed by atoms with Crippen LogP contribution in [0.1, 0.15) is 37.3 Å². The van der Waals surface area contributed by atoms with Crippen LogP contribution in [0, 0.1) is 0 Å². The topological polar surface area (TPSA) is 55.5 Å². The number of aliphatic hydroxyl groups is 1. The summed E-state index contributed by atoms with van der Waals surface area (Å²) in [5, 5.41) is 13.9. The van der Waals surface area contributed by atoms with Crippen molar-refractivity contribution >= 4 is 28.8 Å². The van der Waals surface area contributed by atoms with Gasteiger partial charge < -0.3 is 14.4 Å². The molecule has 20 heavy (non-hydrogen) atoms. The molecule has 1 atom stereocenters. The second-order valence-electron chi connectivity index (χ2n) is 5.08. The van der Waals surface area contributed by atoms with Crippen molar-refractivity contribution in [1.29, 1.82) is 0 Å². The van der Waals surface area contributed by atoms with E-state index >= 15 is 0 Å². The molecule has 1 unspecified atom stereocenters.